The number of rotatable bonds is 3. The number of likely N-dealkylation sites (tertiary alicyclic amines) is 1. The van der Waals surface area contributed by atoms with Crippen LogP contribution in [0.25, 0.3) is 0 Å². The van der Waals surface area contributed by atoms with Crippen molar-refractivity contribution in [1.82, 2.24) is 20.2 Å². The van der Waals surface area contributed by atoms with Crippen LogP contribution in [0.3, 0.4) is 0 Å². The number of hydrogen-bond acceptors (Lipinski definition) is 6. The fourth-order valence-electron chi connectivity index (χ4n) is 4.35. The molecule has 0 aliphatic carbocycles. The molecule has 3 fully saturated rings. The number of nitrogens with zero attached hydrogens (tertiary/aromatic N) is 3. The van der Waals surface area contributed by atoms with Gasteiger partial charge in [-0.2, -0.15) is 0 Å². The van der Waals surface area contributed by atoms with Gasteiger partial charge in [0.15, 0.2) is 0 Å². The number of nitrogens with one attached hydrogen (secondary N) is 1. The van der Waals surface area contributed by atoms with Crippen LogP contribution in [-0.2, 0) is 9.47 Å². The van der Waals surface area contributed by atoms with Gasteiger partial charge in [0, 0.05) is 57.4 Å². The van der Waals surface area contributed by atoms with Crippen LogP contribution in [-0.4, -0.2) is 71.4 Å². The van der Waals surface area contributed by atoms with E-state index in [1.807, 2.05) is 0 Å². The average molecular weight is 346 g/mol. The van der Waals surface area contributed by atoms with Crippen LogP contribution in [0.1, 0.15) is 42.6 Å². The van der Waals surface area contributed by atoms with Gasteiger partial charge in [-0.25, -0.2) is 4.98 Å². The molecule has 1 aromatic rings. The highest BCUT2D eigenvalue weighted by Crippen LogP contribution is 2.36. The van der Waals surface area contributed by atoms with Gasteiger partial charge in [-0.3, -0.25) is 14.7 Å². The first-order chi connectivity index (χ1) is 12.2. The van der Waals surface area contributed by atoms with E-state index in [1.165, 1.54) is 6.20 Å². The molecule has 1 aromatic heterocycles. The molecule has 4 rings (SSSR count). The maximum Gasteiger partial charge on any atom is 0.271 e. The van der Waals surface area contributed by atoms with Crippen molar-refractivity contribution >= 4 is 5.91 Å². The predicted octanol–water partition coefficient (Wildman–Crippen LogP) is 1.01. The molecule has 7 nitrogen and oxygen atoms in total. The van der Waals surface area contributed by atoms with Gasteiger partial charge < -0.3 is 14.8 Å². The molecule has 4 heterocycles. The Kier molecular flexibility index (Phi) is 4.96. The number of carbonyl (C=O) groups excluding carboxylic acids is 1. The summed E-state index contributed by atoms with van der Waals surface area (Å²) < 4.78 is 11.7. The number of carbonyl (C=O) groups is 1. The van der Waals surface area contributed by atoms with E-state index in [0.29, 0.717) is 18.3 Å². The largest absolute Gasteiger partial charge is 0.381 e. The molecule has 3 aliphatic rings. The summed E-state index contributed by atoms with van der Waals surface area (Å²) in [5.41, 5.74) is 0.259. The van der Waals surface area contributed by atoms with Gasteiger partial charge in [0.1, 0.15) is 5.69 Å². The second-order valence-corrected chi connectivity index (χ2v) is 7.35. The van der Waals surface area contributed by atoms with E-state index in [1.54, 1.807) is 12.4 Å². The molecule has 0 aromatic carbocycles. The summed E-state index contributed by atoms with van der Waals surface area (Å²) in [6, 6.07) is 0.754. The van der Waals surface area contributed by atoms with Gasteiger partial charge >= 0.3 is 0 Å². The van der Waals surface area contributed by atoms with Crippen LogP contribution >= 0.6 is 0 Å². The molecule has 136 valence electrons. The fraction of sp³-hybridized carbons (Fsp3) is 0.722. The van der Waals surface area contributed by atoms with Crippen LogP contribution in [0.5, 0.6) is 0 Å². The first kappa shape index (κ1) is 16.9. The summed E-state index contributed by atoms with van der Waals surface area (Å²) >= 11 is 0. The third kappa shape index (κ3) is 3.83. The summed E-state index contributed by atoms with van der Waals surface area (Å²) in [4.78, 5) is 23.0. The molecule has 1 spiro atoms. The van der Waals surface area contributed by atoms with Gasteiger partial charge in [0.2, 0.25) is 0 Å². The monoisotopic (exact) mass is 346 g/mol. The Morgan fingerprint density at radius 3 is 2.92 bits per heavy atom. The van der Waals surface area contributed by atoms with E-state index < -0.39 is 0 Å². The highest BCUT2D eigenvalue weighted by molar-refractivity contribution is 5.92. The second-order valence-electron chi connectivity index (χ2n) is 7.35. The second kappa shape index (κ2) is 7.35. The van der Waals surface area contributed by atoms with E-state index in [0.717, 1.165) is 58.4 Å². The maximum absolute atomic E-state index is 12.3. The quantitative estimate of drug-likeness (QED) is 0.880. The molecule has 0 bridgehead atoms. The van der Waals surface area contributed by atoms with Crippen molar-refractivity contribution in [2.45, 2.75) is 49.8 Å². The van der Waals surface area contributed by atoms with Gasteiger partial charge in [0.05, 0.1) is 11.8 Å². The molecule has 7 heteroatoms. The lowest BCUT2D eigenvalue weighted by Gasteiger charge is -2.39. The van der Waals surface area contributed by atoms with Gasteiger partial charge in [-0.05, 0) is 32.1 Å². The number of amides is 1. The standard InChI is InChI=1S/C18H26N4O3/c23-17(16-12-19-5-6-20-16)21-14-1-10-25-18(11-14)4-7-22(13-18)15-2-8-24-9-3-15/h5-6,12,14-15H,1-4,7-11,13H2,(H,21,23)/t14-,18-/m0/s1. The highest BCUT2D eigenvalue weighted by atomic mass is 16.5. The van der Waals surface area contributed by atoms with E-state index in [4.69, 9.17) is 9.47 Å². The number of ether oxygens (including phenoxy) is 2. The van der Waals surface area contributed by atoms with Gasteiger partial charge in [-0.1, -0.05) is 0 Å². The summed E-state index contributed by atoms with van der Waals surface area (Å²) in [5.74, 6) is -0.144. The molecule has 3 aliphatic heterocycles. The number of hydrogen-bond donors (Lipinski definition) is 1. The van der Waals surface area contributed by atoms with Crippen molar-refractivity contribution in [3.05, 3.63) is 24.3 Å². The zero-order valence-corrected chi connectivity index (χ0v) is 14.5. The van der Waals surface area contributed by atoms with E-state index in [9.17, 15) is 4.79 Å². The Labute approximate surface area is 148 Å². The van der Waals surface area contributed by atoms with Gasteiger partial charge in [-0.15, -0.1) is 0 Å². The van der Waals surface area contributed by atoms with Crippen molar-refractivity contribution in [1.29, 1.82) is 0 Å². The van der Waals surface area contributed by atoms with E-state index in [2.05, 4.69) is 20.2 Å². The van der Waals surface area contributed by atoms with Crippen LogP contribution in [0, 0.1) is 0 Å². The smallest absolute Gasteiger partial charge is 0.271 e. The Hall–Kier alpha value is -1.57. The summed E-state index contributed by atoms with van der Waals surface area (Å²) in [7, 11) is 0. The van der Waals surface area contributed by atoms with Crippen LogP contribution in [0.4, 0.5) is 0 Å². The normalized spacial score (nSPS) is 31.3. The Balaban J connectivity index is 1.35. The van der Waals surface area contributed by atoms with Crippen LogP contribution < -0.4 is 5.32 Å². The zero-order chi connectivity index (χ0) is 17.1. The lowest BCUT2D eigenvalue weighted by atomic mass is 9.89. The zero-order valence-electron chi connectivity index (χ0n) is 14.5. The SMILES string of the molecule is O=C(N[C@H]1CCO[C@@]2(CCN(C3CCOCC3)C2)C1)c1cnccn1. The molecule has 3 saturated heterocycles. The molecule has 0 saturated carbocycles. The summed E-state index contributed by atoms with van der Waals surface area (Å²) in [5, 5.41) is 3.12. The fourth-order valence-corrected chi connectivity index (χ4v) is 4.35. The van der Waals surface area contributed by atoms with Gasteiger partial charge in [0.25, 0.3) is 5.91 Å². The maximum atomic E-state index is 12.3. The third-order valence-electron chi connectivity index (χ3n) is 5.68. The minimum Gasteiger partial charge on any atom is -0.381 e. The van der Waals surface area contributed by atoms with Crippen molar-refractivity contribution < 1.29 is 14.3 Å². The summed E-state index contributed by atoms with van der Waals surface area (Å²) in [6.45, 7) is 4.48. The topological polar surface area (TPSA) is 76.6 Å². The molecular weight excluding hydrogens is 320 g/mol. The van der Waals surface area contributed by atoms with Crippen molar-refractivity contribution in [3.8, 4) is 0 Å². The van der Waals surface area contributed by atoms with E-state index >= 15 is 0 Å². The lowest BCUT2D eigenvalue weighted by molar-refractivity contribution is -0.0828. The number of aromatic nitrogens is 2. The first-order valence-corrected chi connectivity index (χ1v) is 9.27. The molecule has 2 atom stereocenters. The summed E-state index contributed by atoms with van der Waals surface area (Å²) in [6.07, 6.45) is 9.62. The molecule has 1 amide bonds. The first-order valence-electron chi connectivity index (χ1n) is 9.27. The van der Waals surface area contributed by atoms with Crippen molar-refractivity contribution in [3.63, 3.8) is 0 Å². The molecular formula is C18H26N4O3. The van der Waals surface area contributed by atoms with E-state index in [-0.39, 0.29) is 17.6 Å². The third-order valence-corrected chi connectivity index (χ3v) is 5.68. The molecule has 1 N–H and O–H groups in total. The Morgan fingerprint density at radius 2 is 2.12 bits per heavy atom. The lowest BCUT2D eigenvalue weighted by Crippen LogP contribution is -2.51. The van der Waals surface area contributed by atoms with Crippen molar-refractivity contribution in [2.75, 3.05) is 32.9 Å². The van der Waals surface area contributed by atoms with Crippen LogP contribution in [0.15, 0.2) is 18.6 Å². The molecule has 0 unspecified atom stereocenters. The minimum absolute atomic E-state index is 0.114. The average Bonchev–Trinajstić information content (AvgIpc) is 3.06. The Bertz CT molecular complexity index is 593. The molecule has 0 radical (unpaired) electrons. The van der Waals surface area contributed by atoms with Crippen LogP contribution in [0.2, 0.25) is 0 Å². The predicted molar refractivity (Wildman–Crippen MR) is 91.2 cm³/mol. The highest BCUT2D eigenvalue weighted by Gasteiger charge is 2.45. The van der Waals surface area contributed by atoms with Crippen molar-refractivity contribution in [2.24, 2.45) is 0 Å². The molecule has 25 heavy (non-hydrogen) atoms. The Morgan fingerprint density at radius 1 is 1.24 bits per heavy atom. The minimum atomic E-state index is -0.144.